The first-order valence-corrected chi connectivity index (χ1v) is 13.6. The van der Waals surface area contributed by atoms with Crippen LogP contribution in [0.1, 0.15) is 35.0 Å². The Morgan fingerprint density at radius 2 is 1.81 bits per heavy atom. The van der Waals surface area contributed by atoms with Crippen molar-refractivity contribution in [2.75, 3.05) is 44.8 Å². The van der Waals surface area contributed by atoms with Crippen LogP contribution in [0.2, 0.25) is 5.02 Å². The number of nitrogens with one attached hydrogen (secondary N) is 2. The highest BCUT2D eigenvalue weighted by molar-refractivity contribution is 6.31. The van der Waals surface area contributed by atoms with Gasteiger partial charge < -0.3 is 24.8 Å². The monoisotopic (exact) mass is 606 g/mol. The fourth-order valence-corrected chi connectivity index (χ4v) is 4.33. The summed E-state index contributed by atoms with van der Waals surface area (Å²) in [5.74, 6) is 0.887. The Labute approximate surface area is 245 Å². The molecule has 0 spiro atoms. The molecule has 0 radical (unpaired) electrons. The maximum atomic E-state index is 13.5. The fraction of sp³-hybridized carbons (Fsp3) is 0.345. The second-order valence-corrected chi connectivity index (χ2v) is 9.74. The Bertz CT molecular complexity index is 1380. The Morgan fingerprint density at radius 1 is 1.07 bits per heavy atom. The van der Waals surface area contributed by atoms with E-state index in [0.717, 1.165) is 25.2 Å². The third kappa shape index (κ3) is 8.81. The van der Waals surface area contributed by atoms with Gasteiger partial charge >= 0.3 is 12.2 Å². The van der Waals surface area contributed by atoms with Crippen LogP contribution in [0.15, 0.2) is 54.7 Å². The molecule has 2 amide bonds. The van der Waals surface area contributed by atoms with Crippen LogP contribution in [0.5, 0.6) is 17.2 Å². The number of Topliss-reactive ketones (excluding diaryl/α,β-unsaturated/α-hetero) is 1. The number of morpholine rings is 1. The molecule has 1 aliphatic heterocycles. The Hall–Kier alpha value is -3.87. The van der Waals surface area contributed by atoms with Crippen LogP contribution in [0.25, 0.3) is 0 Å². The number of pyridine rings is 1. The van der Waals surface area contributed by atoms with Crippen molar-refractivity contribution in [1.82, 2.24) is 15.2 Å². The lowest BCUT2D eigenvalue weighted by molar-refractivity contribution is -0.137. The summed E-state index contributed by atoms with van der Waals surface area (Å²) in [6.07, 6.45) is -2.89. The van der Waals surface area contributed by atoms with Crippen LogP contribution in [0.3, 0.4) is 0 Å². The lowest BCUT2D eigenvalue weighted by atomic mass is 10.1. The number of alkyl halides is 3. The van der Waals surface area contributed by atoms with Crippen molar-refractivity contribution in [1.29, 1.82) is 0 Å². The Balaban J connectivity index is 1.36. The number of rotatable bonds is 11. The standard InChI is InChI=1S/C29H30ClF3N4O5/c1-2-26(38)24-15-21(7-8-34-24)42-20-5-3-19(4-6-20)18-35-28(39)36-25-16-22(29(31,32)33)23(30)17-27(25)41-14-11-37-9-12-40-13-10-37/h3-8,15-17H,2,9-14,18H2,1H3,(H2,35,36,39). The summed E-state index contributed by atoms with van der Waals surface area (Å²) in [4.78, 5) is 30.7. The number of anilines is 1. The first-order valence-electron chi connectivity index (χ1n) is 13.3. The molecule has 4 rings (SSSR count). The maximum Gasteiger partial charge on any atom is 0.417 e. The van der Waals surface area contributed by atoms with Gasteiger partial charge in [-0.1, -0.05) is 30.7 Å². The van der Waals surface area contributed by atoms with Crippen molar-refractivity contribution in [2.45, 2.75) is 26.1 Å². The van der Waals surface area contributed by atoms with Gasteiger partial charge in [0.15, 0.2) is 5.78 Å². The molecule has 42 heavy (non-hydrogen) atoms. The summed E-state index contributed by atoms with van der Waals surface area (Å²) in [6.45, 7) is 5.20. The van der Waals surface area contributed by atoms with Gasteiger partial charge in [0.1, 0.15) is 29.5 Å². The van der Waals surface area contributed by atoms with E-state index in [9.17, 15) is 22.8 Å². The number of hydrogen-bond acceptors (Lipinski definition) is 7. The molecular formula is C29H30ClF3N4O5. The molecule has 1 aromatic heterocycles. The predicted molar refractivity (Wildman–Crippen MR) is 150 cm³/mol. The summed E-state index contributed by atoms with van der Waals surface area (Å²) in [6, 6.07) is 11.1. The van der Waals surface area contributed by atoms with E-state index in [4.69, 9.17) is 25.8 Å². The van der Waals surface area contributed by atoms with Gasteiger partial charge in [-0.2, -0.15) is 13.2 Å². The molecule has 9 nitrogen and oxygen atoms in total. The van der Waals surface area contributed by atoms with E-state index in [1.165, 1.54) is 6.20 Å². The first-order chi connectivity index (χ1) is 20.1. The fourth-order valence-electron chi connectivity index (χ4n) is 4.07. The molecule has 2 N–H and O–H groups in total. The molecule has 0 bridgehead atoms. The SMILES string of the molecule is CCC(=O)c1cc(Oc2ccc(CNC(=O)Nc3cc(C(F)(F)F)c(Cl)cc3OCCN3CCOCC3)cc2)ccn1. The summed E-state index contributed by atoms with van der Waals surface area (Å²) in [5, 5.41) is 4.54. The van der Waals surface area contributed by atoms with Crippen LogP contribution in [-0.2, 0) is 17.5 Å². The van der Waals surface area contributed by atoms with Crippen molar-refractivity contribution in [3.05, 3.63) is 76.6 Å². The van der Waals surface area contributed by atoms with Crippen LogP contribution >= 0.6 is 11.6 Å². The summed E-state index contributed by atoms with van der Waals surface area (Å²) >= 11 is 5.90. The van der Waals surface area contributed by atoms with E-state index in [-0.39, 0.29) is 30.4 Å². The first kappa shape index (κ1) is 31.1. The highest BCUT2D eigenvalue weighted by Crippen LogP contribution is 2.40. The number of hydrogen-bond donors (Lipinski definition) is 2. The zero-order chi connectivity index (χ0) is 30.1. The zero-order valence-electron chi connectivity index (χ0n) is 22.8. The van der Waals surface area contributed by atoms with E-state index in [0.29, 0.717) is 48.9 Å². The van der Waals surface area contributed by atoms with Gasteiger partial charge in [-0.15, -0.1) is 0 Å². The largest absolute Gasteiger partial charge is 0.490 e. The molecule has 2 heterocycles. The maximum absolute atomic E-state index is 13.5. The topological polar surface area (TPSA) is 102 Å². The normalized spacial score (nSPS) is 13.8. The summed E-state index contributed by atoms with van der Waals surface area (Å²) in [5.41, 5.74) is -0.220. The predicted octanol–water partition coefficient (Wildman–Crippen LogP) is 6.17. The second-order valence-electron chi connectivity index (χ2n) is 9.34. The summed E-state index contributed by atoms with van der Waals surface area (Å²) < 4.78 is 57.3. The number of nitrogens with zero attached hydrogens (tertiary/aromatic N) is 2. The van der Waals surface area contributed by atoms with Gasteiger partial charge in [-0.3, -0.25) is 14.7 Å². The second kappa shape index (κ2) is 14.3. The highest BCUT2D eigenvalue weighted by atomic mass is 35.5. The molecule has 224 valence electrons. The molecule has 0 atom stereocenters. The molecule has 13 heteroatoms. The minimum Gasteiger partial charge on any atom is -0.490 e. The van der Waals surface area contributed by atoms with E-state index < -0.39 is 22.8 Å². The number of carbonyl (C=O) groups excluding carboxylic acids is 2. The van der Waals surface area contributed by atoms with Gasteiger partial charge in [-0.25, -0.2) is 4.79 Å². The smallest absolute Gasteiger partial charge is 0.417 e. The molecular weight excluding hydrogens is 577 g/mol. The van der Waals surface area contributed by atoms with Gasteiger partial charge in [0.2, 0.25) is 0 Å². The van der Waals surface area contributed by atoms with Gasteiger partial charge in [-0.05, 0) is 29.8 Å². The number of aromatic nitrogens is 1. The number of amides is 2. The van der Waals surface area contributed by atoms with E-state index >= 15 is 0 Å². The molecule has 0 unspecified atom stereocenters. The van der Waals surface area contributed by atoms with Gasteiger partial charge in [0.25, 0.3) is 0 Å². The quantitative estimate of drug-likeness (QED) is 0.252. The minimum absolute atomic E-state index is 0.0258. The Kier molecular flexibility index (Phi) is 10.6. The van der Waals surface area contributed by atoms with Crippen LogP contribution in [-0.4, -0.2) is 61.2 Å². The number of ether oxygens (including phenoxy) is 3. The third-order valence-electron chi connectivity index (χ3n) is 6.34. The number of ketones is 1. The van der Waals surface area contributed by atoms with Crippen LogP contribution in [0.4, 0.5) is 23.7 Å². The van der Waals surface area contributed by atoms with E-state index in [1.54, 1.807) is 43.3 Å². The lowest BCUT2D eigenvalue weighted by Crippen LogP contribution is -2.38. The molecule has 0 aliphatic carbocycles. The van der Waals surface area contributed by atoms with Crippen LogP contribution in [0, 0.1) is 0 Å². The molecule has 1 fully saturated rings. The zero-order valence-corrected chi connectivity index (χ0v) is 23.6. The molecule has 1 saturated heterocycles. The average Bonchev–Trinajstić information content (AvgIpc) is 2.97. The molecule has 1 aliphatic rings. The molecule has 0 saturated carbocycles. The number of halogens is 4. The van der Waals surface area contributed by atoms with E-state index in [1.807, 2.05) is 0 Å². The number of urea groups is 1. The summed E-state index contributed by atoms with van der Waals surface area (Å²) in [7, 11) is 0. The van der Waals surface area contributed by atoms with Gasteiger partial charge in [0, 0.05) is 50.9 Å². The van der Waals surface area contributed by atoms with E-state index in [2.05, 4.69) is 20.5 Å². The molecule has 3 aromatic rings. The van der Waals surface area contributed by atoms with Crippen molar-refractivity contribution in [3.63, 3.8) is 0 Å². The minimum atomic E-state index is -4.72. The van der Waals surface area contributed by atoms with Crippen molar-refractivity contribution >= 4 is 29.1 Å². The van der Waals surface area contributed by atoms with Crippen molar-refractivity contribution < 1.29 is 37.0 Å². The third-order valence-corrected chi connectivity index (χ3v) is 6.65. The average molecular weight is 607 g/mol. The number of carbonyl (C=O) groups is 2. The lowest BCUT2D eigenvalue weighted by Gasteiger charge is -2.26. The van der Waals surface area contributed by atoms with Gasteiger partial charge in [0.05, 0.1) is 29.5 Å². The van der Waals surface area contributed by atoms with Crippen molar-refractivity contribution in [2.24, 2.45) is 0 Å². The number of benzene rings is 2. The van der Waals surface area contributed by atoms with Crippen molar-refractivity contribution in [3.8, 4) is 17.2 Å². The molecule has 2 aromatic carbocycles. The highest BCUT2D eigenvalue weighted by Gasteiger charge is 2.34. The van der Waals surface area contributed by atoms with Crippen LogP contribution < -0.4 is 20.1 Å². The Morgan fingerprint density at radius 3 is 2.50 bits per heavy atom.